The Morgan fingerprint density at radius 2 is 1.44 bits per heavy atom. The van der Waals surface area contributed by atoms with Crippen LogP contribution in [0, 0.1) is 0 Å². The molecule has 0 aromatic heterocycles. The van der Waals surface area contributed by atoms with E-state index in [1.54, 1.807) is 54.2 Å². The van der Waals surface area contributed by atoms with Crippen molar-refractivity contribution < 1.29 is 17.9 Å². The van der Waals surface area contributed by atoms with Crippen molar-refractivity contribution in [1.29, 1.82) is 0 Å². The molecule has 1 amide bonds. The predicted molar refractivity (Wildman–Crippen MR) is 158 cm³/mol. The van der Waals surface area contributed by atoms with Crippen molar-refractivity contribution in [2.75, 3.05) is 22.4 Å². The second-order valence-corrected chi connectivity index (χ2v) is 11.5. The van der Waals surface area contributed by atoms with Crippen LogP contribution in [-0.4, -0.2) is 26.7 Å². The third-order valence-electron chi connectivity index (χ3n) is 5.94. The molecule has 0 fully saturated rings. The van der Waals surface area contributed by atoms with Gasteiger partial charge in [0.25, 0.3) is 15.9 Å². The van der Waals surface area contributed by atoms with Crippen LogP contribution in [0.4, 0.5) is 11.4 Å². The van der Waals surface area contributed by atoms with E-state index in [4.69, 9.17) is 4.74 Å². The summed E-state index contributed by atoms with van der Waals surface area (Å²) >= 11 is 1.72. The Labute approximate surface area is 232 Å². The number of ether oxygens (including phenoxy) is 1. The van der Waals surface area contributed by atoms with Gasteiger partial charge >= 0.3 is 0 Å². The molecule has 0 aliphatic carbocycles. The lowest BCUT2D eigenvalue weighted by Gasteiger charge is -2.12. The van der Waals surface area contributed by atoms with Crippen LogP contribution < -0.4 is 14.8 Å². The van der Waals surface area contributed by atoms with Gasteiger partial charge in [0.1, 0.15) is 5.75 Å². The van der Waals surface area contributed by atoms with Crippen LogP contribution in [-0.2, 0) is 10.0 Å². The number of rotatable bonds is 10. The van der Waals surface area contributed by atoms with Crippen LogP contribution in [0.25, 0.3) is 10.8 Å². The van der Waals surface area contributed by atoms with Crippen molar-refractivity contribution >= 4 is 49.8 Å². The molecule has 6 nitrogen and oxygen atoms in total. The van der Waals surface area contributed by atoms with Crippen molar-refractivity contribution in [3.05, 3.63) is 127 Å². The number of fused-ring (bicyclic) bond motifs is 1. The third kappa shape index (κ3) is 6.79. The molecule has 2 N–H and O–H groups in total. The maximum absolute atomic E-state index is 13.0. The van der Waals surface area contributed by atoms with E-state index in [1.165, 1.54) is 17.0 Å². The van der Waals surface area contributed by atoms with Crippen molar-refractivity contribution in [2.24, 2.45) is 0 Å². The van der Waals surface area contributed by atoms with Gasteiger partial charge in [-0.3, -0.25) is 9.52 Å². The molecule has 8 heteroatoms. The molecule has 39 heavy (non-hydrogen) atoms. The summed E-state index contributed by atoms with van der Waals surface area (Å²) < 4.78 is 34.4. The van der Waals surface area contributed by atoms with Crippen LogP contribution in [0.1, 0.15) is 10.4 Å². The fourth-order valence-electron chi connectivity index (χ4n) is 3.98. The van der Waals surface area contributed by atoms with Gasteiger partial charge in [-0.2, -0.15) is 0 Å². The Morgan fingerprint density at radius 1 is 0.744 bits per heavy atom. The summed E-state index contributed by atoms with van der Waals surface area (Å²) in [6.07, 6.45) is 0. The van der Waals surface area contributed by atoms with Gasteiger partial charge in [-0.05, 0) is 72.1 Å². The van der Waals surface area contributed by atoms with Gasteiger partial charge < -0.3 is 10.1 Å². The highest BCUT2D eigenvalue weighted by Crippen LogP contribution is 2.26. The van der Waals surface area contributed by atoms with Crippen molar-refractivity contribution in [3.8, 4) is 5.75 Å². The number of thioether (sulfide) groups is 1. The lowest BCUT2D eigenvalue weighted by atomic mass is 10.1. The SMILES string of the molecule is O=C(Nc1ccc(S(=O)(=O)Nc2cccc3ccccc23)cc1)c1ccc(OCCSc2ccccc2)cc1. The highest BCUT2D eigenvalue weighted by molar-refractivity contribution is 7.99. The smallest absolute Gasteiger partial charge is 0.261 e. The number of nitrogens with one attached hydrogen (secondary N) is 2. The molecule has 5 rings (SSSR count). The van der Waals surface area contributed by atoms with Gasteiger partial charge in [-0.1, -0.05) is 54.6 Å². The number of hydrogen-bond acceptors (Lipinski definition) is 5. The highest BCUT2D eigenvalue weighted by atomic mass is 32.2. The lowest BCUT2D eigenvalue weighted by molar-refractivity contribution is 0.102. The first-order valence-corrected chi connectivity index (χ1v) is 14.8. The van der Waals surface area contributed by atoms with Gasteiger partial charge in [0.05, 0.1) is 17.2 Å². The first-order chi connectivity index (χ1) is 19.0. The van der Waals surface area contributed by atoms with E-state index in [0.29, 0.717) is 29.3 Å². The minimum Gasteiger partial charge on any atom is -0.493 e. The van der Waals surface area contributed by atoms with E-state index in [9.17, 15) is 13.2 Å². The Hall–Kier alpha value is -4.27. The molecule has 5 aromatic carbocycles. The van der Waals surface area contributed by atoms with Crippen molar-refractivity contribution in [2.45, 2.75) is 9.79 Å². The number of anilines is 2. The van der Waals surface area contributed by atoms with E-state index < -0.39 is 10.0 Å². The third-order valence-corrected chi connectivity index (χ3v) is 8.29. The molecular weight excluding hydrogens is 528 g/mol. The Balaban J connectivity index is 1.16. The molecule has 0 heterocycles. The molecule has 0 unspecified atom stereocenters. The summed E-state index contributed by atoms with van der Waals surface area (Å²) in [6, 6.07) is 36.1. The molecule has 0 aliphatic rings. The zero-order chi connectivity index (χ0) is 27.1. The van der Waals surface area contributed by atoms with Crippen LogP contribution >= 0.6 is 11.8 Å². The van der Waals surface area contributed by atoms with Crippen LogP contribution in [0.3, 0.4) is 0 Å². The monoisotopic (exact) mass is 554 g/mol. The normalized spacial score (nSPS) is 11.2. The summed E-state index contributed by atoms with van der Waals surface area (Å²) in [5.41, 5.74) is 1.46. The first-order valence-electron chi connectivity index (χ1n) is 12.3. The summed E-state index contributed by atoms with van der Waals surface area (Å²) in [5, 5.41) is 4.56. The molecule has 196 valence electrons. The Kier molecular flexibility index (Phi) is 8.15. The Bertz CT molecular complexity index is 1670. The fourth-order valence-corrected chi connectivity index (χ4v) is 5.81. The minimum absolute atomic E-state index is 0.0976. The number of benzene rings is 5. The average Bonchev–Trinajstić information content (AvgIpc) is 2.96. The zero-order valence-electron chi connectivity index (χ0n) is 20.9. The Morgan fingerprint density at radius 3 is 2.21 bits per heavy atom. The fraction of sp³-hybridized carbons (Fsp3) is 0.0645. The molecule has 0 spiro atoms. The van der Waals surface area contributed by atoms with Gasteiger partial charge in [-0.25, -0.2) is 8.42 Å². The lowest BCUT2D eigenvalue weighted by Crippen LogP contribution is -2.14. The second-order valence-electron chi connectivity index (χ2n) is 8.65. The van der Waals surface area contributed by atoms with E-state index in [1.807, 2.05) is 54.6 Å². The van der Waals surface area contributed by atoms with Crippen LogP contribution in [0.2, 0.25) is 0 Å². The number of amides is 1. The predicted octanol–water partition coefficient (Wildman–Crippen LogP) is 7.06. The largest absolute Gasteiger partial charge is 0.493 e. The van der Waals surface area contributed by atoms with E-state index in [0.717, 1.165) is 16.5 Å². The number of sulfonamides is 1. The van der Waals surface area contributed by atoms with Crippen LogP contribution in [0.5, 0.6) is 5.75 Å². The van der Waals surface area contributed by atoms with Gasteiger partial charge in [0, 0.05) is 27.3 Å². The van der Waals surface area contributed by atoms with Gasteiger partial charge in [-0.15, -0.1) is 11.8 Å². The molecule has 5 aromatic rings. The molecule has 0 bridgehead atoms. The number of carbonyl (C=O) groups is 1. The second kappa shape index (κ2) is 12.1. The average molecular weight is 555 g/mol. The van der Waals surface area contributed by atoms with Gasteiger partial charge in [0.15, 0.2) is 0 Å². The van der Waals surface area contributed by atoms with Crippen LogP contribution in [0.15, 0.2) is 131 Å². The van der Waals surface area contributed by atoms with E-state index in [-0.39, 0.29) is 10.8 Å². The van der Waals surface area contributed by atoms with Crippen molar-refractivity contribution in [1.82, 2.24) is 0 Å². The first kappa shape index (κ1) is 26.3. The topological polar surface area (TPSA) is 84.5 Å². The van der Waals surface area contributed by atoms with Crippen molar-refractivity contribution in [3.63, 3.8) is 0 Å². The molecule has 0 saturated carbocycles. The molecule has 0 radical (unpaired) electrons. The number of carbonyl (C=O) groups excluding carboxylic acids is 1. The molecular formula is C31H26N2O4S2. The summed E-state index contributed by atoms with van der Waals surface area (Å²) in [7, 11) is -3.81. The standard InChI is InChI=1S/C31H26N2O4S2/c34-31(24-13-17-26(18-14-24)37-21-22-38-27-9-2-1-3-10-27)32-25-15-19-28(20-16-25)39(35,36)33-30-12-6-8-23-7-4-5-11-29(23)30/h1-20,33H,21-22H2,(H,32,34). The summed E-state index contributed by atoms with van der Waals surface area (Å²) in [6.45, 7) is 0.551. The maximum atomic E-state index is 13.0. The quantitative estimate of drug-likeness (QED) is 0.143. The summed E-state index contributed by atoms with van der Waals surface area (Å²) in [4.78, 5) is 14.0. The van der Waals surface area contributed by atoms with E-state index >= 15 is 0 Å². The van der Waals surface area contributed by atoms with Gasteiger partial charge in [0.2, 0.25) is 0 Å². The highest BCUT2D eigenvalue weighted by Gasteiger charge is 2.16. The summed E-state index contributed by atoms with van der Waals surface area (Å²) in [5.74, 6) is 1.20. The zero-order valence-corrected chi connectivity index (χ0v) is 22.5. The minimum atomic E-state index is -3.81. The number of hydrogen-bond donors (Lipinski definition) is 2. The van der Waals surface area contributed by atoms with E-state index in [2.05, 4.69) is 22.2 Å². The molecule has 0 atom stereocenters. The molecule has 0 saturated heterocycles. The molecule has 0 aliphatic heterocycles. The maximum Gasteiger partial charge on any atom is 0.261 e.